The maximum absolute atomic E-state index is 11.7. The number of alkyl halides is 1. The third-order valence-electron chi connectivity index (χ3n) is 2.58. The summed E-state index contributed by atoms with van der Waals surface area (Å²) in [5, 5.41) is 9.47. The fourth-order valence-corrected chi connectivity index (χ4v) is 2.15. The van der Waals surface area contributed by atoms with Crippen molar-refractivity contribution in [3.05, 3.63) is 23.9 Å². The Morgan fingerprint density at radius 2 is 2.44 bits per heavy atom. The number of hydrogen-bond acceptors (Lipinski definition) is 3. The van der Waals surface area contributed by atoms with Gasteiger partial charge in [0.2, 0.25) is 5.91 Å². The lowest BCUT2D eigenvalue weighted by Gasteiger charge is -2.14. The number of aromatic nitrogens is 1. The molecule has 0 spiro atoms. The summed E-state index contributed by atoms with van der Waals surface area (Å²) >= 11 is 3.38. The number of anilines is 1. The van der Waals surface area contributed by atoms with Crippen molar-refractivity contribution in [1.29, 1.82) is 5.26 Å². The highest BCUT2D eigenvalue weighted by molar-refractivity contribution is 9.09. The molecule has 2 heterocycles. The van der Waals surface area contributed by atoms with E-state index in [1.807, 2.05) is 6.07 Å². The lowest BCUT2D eigenvalue weighted by Crippen LogP contribution is -2.25. The molecule has 0 aromatic carbocycles. The maximum atomic E-state index is 11.7. The van der Waals surface area contributed by atoms with Crippen LogP contribution in [0.1, 0.15) is 12.0 Å². The van der Waals surface area contributed by atoms with Crippen molar-refractivity contribution < 1.29 is 4.79 Å². The highest BCUT2D eigenvalue weighted by Gasteiger charge is 2.30. The summed E-state index contributed by atoms with van der Waals surface area (Å²) in [5.41, 5.74) is 0.507. The number of nitrogens with zero attached hydrogens (tertiary/aromatic N) is 3. The molecule has 1 unspecified atom stereocenters. The topological polar surface area (TPSA) is 57.0 Å². The number of carbonyl (C=O) groups is 1. The minimum absolute atomic E-state index is 0.0988. The Balaban J connectivity index is 2.19. The SMILES string of the molecule is N#Cc1ccc(N2CC(CBr)CC2=O)nc1. The molecule has 0 saturated carbocycles. The molecule has 5 heteroatoms. The average molecular weight is 280 g/mol. The van der Waals surface area contributed by atoms with Gasteiger partial charge in [-0.1, -0.05) is 15.9 Å². The van der Waals surface area contributed by atoms with Gasteiger partial charge in [0, 0.05) is 24.5 Å². The lowest BCUT2D eigenvalue weighted by molar-refractivity contribution is -0.117. The largest absolute Gasteiger partial charge is 0.297 e. The van der Waals surface area contributed by atoms with Crippen molar-refractivity contribution in [2.75, 3.05) is 16.8 Å². The van der Waals surface area contributed by atoms with Gasteiger partial charge in [0.1, 0.15) is 11.9 Å². The summed E-state index contributed by atoms with van der Waals surface area (Å²) in [4.78, 5) is 17.5. The van der Waals surface area contributed by atoms with Crippen LogP contribution in [0.4, 0.5) is 5.82 Å². The lowest BCUT2D eigenvalue weighted by atomic mass is 10.2. The van der Waals surface area contributed by atoms with Gasteiger partial charge in [-0.2, -0.15) is 5.26 Å². The fourth-order valence-electron chi connectivity index (χ4n) is 1.72. The van der Waals surface area contributed by atoms with E-state index in [9.17, 15) is 4.79 Å². The Kier molecular flexibility index (Phi) is 3.20. The van der Waals surface area contributed by atoms with Crippen LogP contribution in [0, 0.1) is 17.2 Å². The standard InChI is InChI=1S/C11H10BrN3O/c12-4-9-3-11(16)15(7-9)10-2-1-8(5-13)6-14-10/h1-2,6,9H,3-4,7H2. The van der Waals surface area contributed by atoms with Crippen molar-refractivity contribution in [3.8, 4) is 6.07 Å². The molecular weight excluding hydrogens is 270 g/mol. The summed E-state index contributed by atoms with van der Waals surface area (Å²) < 4.78 is 0. The molecule has 0 aliphatic carbocycles. The molecule has 1 saturated heterocycles. The van der Waals surface area contributed by atoms with Crippen LogP contribution in [0.25, 0.3) is 0 Å². The van der Waals surface area contributed by atoms with E-state index in [4.69, 9.17) is 5.26 Å². The van der Waals surface area contributed by atoms with Crippen molar-refractivity contribution in [1.82, 2.24) is 4.98 Å². The Morgan fingerprint density at radius 1 is 1.62 bits per heavy atom. The monoisotopic (exact) mass is 279 g/mol. The van der Waals surface area contributed by atoms with E-state index in [0.29, 0.717) is 30.3 Å². The van der Waals surface area contributed by atoms with Crippen LogP contribution >= 0.6 is 15.9 Å². The number of rotatable bonds is 2. The van der Waals surface area contributed by atoms with Crippen molar-refractivity contribution >= 4 is 27.7 Å². The van der Waals surface area contributed by atoms with E-state index in [-0.39, 0.29) is 5.91 Å². The van der Waals surface area contributed by atoms with Crippen LogP contribution in [0.15, 0.2) is 18.3 Å². The second-order valence-corrected chi connectivity index (χ2v) is 4.39. The summed E-state index contributed by atoms with van der Waals surface area (Å²) in [6.45, 7) is 0.697. The van der Waals surface area contributed by atoms with E-state index < -0.39 is 0 Å². The van der Waals surface area contributed by atoms with Gasteiger partial charge in [-0.25, -0.2) is 4.98 Å². The van der Waals surface area contributed by atoms with Gasteiger partial charge in [-0.3, -0.25) is 9.69 Å². The number of amides is 1. The normalized spacial score (nSPS) is 19.9. The fraction of sp³-hybridized carbons (Fsp3) is 0.364. The maximum Gasteiger partial charge on any atom is 0.228 e. The first-order valence-corrected chi connectivity index (χ1v) is 6.09. The first-order chi connectivity index (χ1) is 7.74. The quantitative estimate of drug-likeness (QED) is 0.775. The predicted octanol–water partition coefficient (Wildman–Crippen LogP) is 1.70. The molecule has 1 aliphatic heterocycles. The highest BCUT2D eigenvalue weighted by Crippen LogP contribution is 2.24. The van der Waals surface area contributed by atoms with Crippen LogP contribution in [-0.4, -0.2) is 22.8 Å². The van der Waals surface area contributed by atoms with Crippen LogP contribution in [0.3, 0.4) is 0 Å². The Hall–Kier alpha value is -1.41. The van der Waals surface area contributed by atoms with Crippen molar-refractivity contribution in [3.63, 3.8) is 0 Å². The minimum atomic E-state index is 0.0988. The molecule has 1 aliphatic rings. The van der Waals surface area contributed by atoms with E-state index in [2.05, 4.69) is 20.9 Å². The molecule has 1 aromatic rings. The highest BCUT2D eigenvalue weighted by atomic mass is 79.9. The van der Waals surface area contributed by atoms with Crippen LogP contribution in [0.5, 0.6) is 0 Å². The van der Waals surface area contributed by atoms with E-state index in [1.54, 1.807) is 17.0 Å². The van der Waals surface area contributed by atoms with E-state index >= 15 is 0 Å². The summed E-state index contributed by atoms with van der Waals surface area (Å²) in [6, 6.07) is 5.40. The Bertz CT molecular complexity index is 438. The molecular formula is C11H10BrN3O. The Morgan fingerprint density at radius 3 is 2.94 bits per heavy atom. The van der Waals surface area contributed by atoms with Crippen molar-refractivity contribution in [2.24, 2.45) is 5.92 Å². The molecule has 4 nitrogen and oxygen atoms in total. The molecule has 1 amide bonds. The van der Waals surface area contributed by atoms with Crippen LogP contribution in [-0.2, 0) is 4.79 Å². The number of pyridine rings is 1. The van der Waals surface area contributed by atoms with E-state index in [0.717, 1.165) is 5.33 Å². The van der Waals surface area contributed by atoms with Gasteiger partial charge in [-0.05, 0) is 18.1 Å². The Labute approximate surface area is 102 Å². The smallest absolute Gasteiger partial charge is 0.228 e. The van der Waals surface area contributed by atoms with E-state index in [1.165, 1.54) is 6.20 Å². The first kappa shape index (κ1) is 11.1. The number of carbonyl (C=O) groups excluding carboxylic acids is 1. The van der Waals surface area contributed by atoms with Gasteiger partial charge in [0.25, 0.3) is 0 Å². The minimum Gasteiger partial charge on any atom is -0.297 e. The van der Waals surface area contributed by atoms with Gasteiger partial charge in [0.15, 0.2) is 0 Å². The molecule has 82 valence electrons. The van der Waals surface area contributed by atoms with Gasteiger partial charge < -0.3 is 0 Å². The second kappa shape index (κ2) is 4.62. The molecule has 1 aromatic heterocycles. The number of halogens is 1. The van der Waals surface area contributed by atoms with Crippen LogP contribution < -0.4 is 4.90 Å². The molecule has 16 heavy (non-hydrogen) atoms. The van der Waals surface area contributed by atoms with Gasteiger partial charge >= 0.3 is 0 Å². The third kappa shape index (κ3) is 2.07. The molecule has 1 fully saturated rings. The summed E-state index contributed by atoms with van der Waals surface area (Å²) in [6.07, 6.45) is 2.05. The zero-order chi connectivity index (χ0) is 11.5. The average Bonchev–Trinajstić information content (AvgIpc) is 2.71. The first-order valence-electron chi connectivity index (χ1n) is 4.97. The predicted molar refractivity (Wildman–Crippen MR) is 63.2 cm³/mol. The zero-order valence-corrected chi connectivity index (χ0v) is 10.1. The number of nitriles is 1. The van der Waals surface area contributed by atoms with Crippen LogP contribution in [0.2, 0.25) is 0 Å². The molecule has 0 bridgehead atoms. The molecule has 1 atom stereocenters. The molecule has 2 rings (SSSR count). The third-order valence-corrected chi connectivity index (χ3v) is 3.49. The molecule has 0 radical (unpaired) electrons. The van der Waals surface area contributed by atoms with Crippen molar-refractivity contribution in [2.45, 2.75) is 6.42 Å². The number of hydrogen-bond donors (Lipinski definition) is 0. The van der Waals surface area contributed by atoms with Gasteiger partial charge in [0.05, 0.1) is 5.56 Å². The zero-order valence-electron chi connectivity index (χ0n) is 8.56. The molecule has 0 N–H and O–H groups in total. The summed E-state index contributed by atoms with van der Waals surface area (Å²) in [7, 11) is 0. The second-order valence-electron chi connectivity index (χ2n) is 3.75. The summed E-state index contributed by atoms with van der Waals surface area (Å²) in [5.74, 6) is 1.08. The van der Waals surface area contributed by atoms with Gasteiger partial charge in [-0.15, -0.1) is 0 Å².